The summed E-state index contributed by atoms with van der Waals surface area (Å²) in [6.07, 6.45) is 5.82. The largest absolute Gasteiger partial charge is 0.399 e. The number of anilines is 1. The van der Waals surface area contributed by atoms with E-state index in [1.807, 2.05) is 0 Å². The number of nitrogens with two attached hydrogens (primary N) is 2. The Kier molecular flexibility index (Phi) is 4.90. The van der Waals surface area contributed by atoms with Crippen molar-refractivity contribution in [3.8, 4) is 11.3 Å². The van der Waals surface area contributed by atoms with Gasteiger partial charge >= 0.3 is 0 Å². The Hall–Kier alpha value is -2.73. The Labute approximate surface area is 172 Å². The third kappa shape index (κ3) is 3.21. The summed E-state index contributed by atoms with van der Waals surface area (Å²) in [5, 5.41) is 4.40. The first-order chi connectivity index (χ1) is 13.8. The van der Waals surface area contributed by atoms with Gasteiger partial charge in [0.25, 0.3) is 0 Å². The minimum atomic E-state index is -0.485. The molecule has 4 N–H and O–H groups in total. The molecule has 2 aliphatic rings. The van der Waals surface area contributed by atoms with Crippen LogP contribution < -0.4 is 11.5 Å². The number of hydrogen-bond acceptors (Lipinski definition) is 6. The highest BCUT2D eigenvalue weighted by molar-refractivity contribution is 6.15. The zero-order valence-electron chi connectivity index (χ0n) is 17.4. The van der Waals surface area contributed by atoms with Crippen LogP contribution in [0.15, 0.2) is 36.3 Å². The van der Waals surface area contributed by atoms with E-state index in [0.29, 0.717) is 17.8 Å². The summed E-state index contributed by atoms with van der Waals surface area (Å²) in [5.74, 6) is 0.944. The van der Waals surface area contributed by atoms with Gasteiger partial charge in [0.2, 0.25) is 0 Å². The van der Waals surface area contributed by atoms with Crippen LogP contribution in [0.3, 0.4) is 0 Å². The van der Waals surface area contributed by atoms with Gasteiger partial charge in [-0.3, -0.25) is 0 Å². The third-order valence-corrected chi connectivity index (χ3v) is 6.44. The van der Waals surface area contributed by atoms with E-state index in [2.05, 4.69) is 53.7 Å². The van der Waals surface area contributed by atoms with Crippen LogP contribution in [0.2, 0.25) is 0 Å². The van der Waals surface area contributed by atoms with Crippen molar-refractivity contribution in [1.82, 2.24) is 9.97 Å². The van der Waals surface area contributed by atoms with Crippen LogP contribution in [0.5, 0.6) is 0 Å². The predicted octanol–water partition coefficient (Wildman–Crippen LogP) is 3.90. The molecular weight excluding hydrogens is 362 g/mol. The second kappa shape index (κ2) is 7.26. The fraction of sp³-hybridized carbons (Fsp3) is 0.435. The predicted molar refractivity (Wildman–Crippen MR) is 117 cm³/mol. The van der Waals surface area contributed by atoms with E-state index in [1.54, 1.807) is 7.11 Å². The second-order valence-corrected chi connectivity index (χ2v) is 8.63. The van der Waals surface area contributed by atoms with Gasteiger partial charge in [0.15, 0.2) is 0 Å². The van der Waals surface area contributed by atoms with Crippen molar-refractivity contribution < 1.29 is 4.84 Å². The molecule has 2 aromatic rings. The number of allylic oxidation sites excluding steroid dienone is 1. The summed E-state index contributed by atoms with van der Waals surface area (Å²) in [5.41, 5.74) is 18.7. The topological polar surface area (TPSA) is 99.4 Å². The zero-order chi connectivity index (χ0) is 20.8. The fourth-order valence-corrected chi connectivity index (χ4v) is 4.78. The Balaban J connectivity index is 1.83. The monoisotopic (exact) mass is 391 g/mol. The summed E-state index contributed by atoms with van der Waals surface area (Å²) >= 11 is 0. The molecule has 152 valence electrons. The van der Waals surface area contributed by atoms with Crippen molar-refractivity contribution in [2.75, 3.05) is 12.8 Å². The van der Waals surface area contributed by atoms with Crippen molar-refractivity contribution in [3.05, 3.63) is 47.8 Å². The average molecular weight is 392 g/mol. The highest BCUT2D eigenvalue weighted by Gasteiger charge is 2.41. The van der Waals surface area contributed by atoms with Gasteiger partial charge in [0.1, 0.15) is 19.3 Å². The lowest BCUT2D eigenvalue weighted by Gasteiger charge is -2.35. The molecule has 1 heterocycles. The van der Waals surface area contributed by atoms with Gasteiger partial charge in [-0.15, -0.1) is 0 Å². The van der Waals surface area contributed by atoms with Crippen LogP contribution >= 0.6 is 0 Å². The summed E-state index contributed by atoms with van der Waals surface area (Å²) in [7, 11) is 1.57. The molecule has 2 aliphatic carbocycles. The normalized spacial score (nSPS) is 23.9. The van der Waals surface area contributed by atoms with Gasteiger partial charge in [-0.05, 0) is 62.7 Å². The standard InChI is InChI=1S/C23H29N5O/c1-13(14-5-8-16(24)9-6-14)15-7-10-17-18(11-15)21(28-29-4)23(2,3)19-20(17)26-12-27-22(19)25/h7,10-12,14,16H,1,5-6,8-9,24H2,2-4H3,(H2,25,26,27)/b28-21+/t14-,16-. The number of nitrogens with zero attached hydrogens (tertiary/aromatic N) is 3. The van der Waals surface area contributed by atoms with Gasteiger partial charge in [-0.1, -0.05) is 23.9 Å². The van der Waals surface area contributed by atoms with Crippen molar-refractivity contribution >= 4 is 17.1 Å². The first kappa shape index (κ1) is 19.6. The van der Waals surface area contributed by atoms with Gasteiger partial charge in [-0.25, -0.2) is 9.97 Å². The van der Waals surface area contributed by atoms with E-state index in [4.69, 9.17) is 16.3 Å². The van der Waals surface area contributed by atoms with Crippen molar-refractivity contribution in [3.63, 3.8) is 0 Å². The quantitative estimate of drug-likeness (QED) is 0.773. The SMILES string of the molecule is C=C(c1ccc2c(c1)/C(=N\OC)C(C)(C)c1c(N)ncnc1-2)[C@H]1CC[C@H](N)CC1. The highest BCUT2D eigenvalue weighted by Crippen LogP contribution is 2.45. The van der Waals surface area contributed by atoms with E-state index in [1.165, 1.54) is 11.9 Å². The molecule has 1 aromatic heterocycles. The molecular formula is C23H29N5O. The molecule has 29 heavy (non-hydrogen) atoms. The van der Waals surface area contributed by atoms with E-state index in [-0.39, 0.29) is 0 Å². The zero-order valence-corrected chi connectivity index (χ0v) is 17.4. The first-order valence-corrected chi connectivity index (χ1v) is 10.2. The minimum Gasteiger partial charge on any atom is -0.399 e. The molecule has 1 saturated carbocycles. The minimum absolute atomic E-state index is 0.325. The number of aromatic nitrogens is 2. The number of fused-ring (bicyclic) bond motifs is 3. The Morgan fingerprint density at radius 1 is 1.17 bits per heavy atom. The number of oxime groups is 1. The van der Waals surface area contributed by atoms with Crippen molar-refractivity contribution in [1.29, 1.82) is 0 Å². The molecule has 6 nitrogen and oxygen atoms in total. The smallest absolute Gasteiger partial charge is 0.131 e. The molecule has 4 rings (SSSR count). The Morgan fingerprint density at radius 3 is 2.59 bits per heavy atom. The molecule has 1 fully saturated rings. The highest BCUT2D eigenvalue weighted by atomic mass is 16.6. The third-order valence-electron chi connectivity index (χ3n) is 6.44. The molecule has 0 saturated heterocycles. The van der Waals surface area contributed by atoms with Crippen LogP contribution in [0.1, 0.15) is 56.2 Å². The van der Waals surface area contributed by atoms with E-state index in [9.17, 15) is 0 Å². The fourth-order valence-electron chi connectivity index (χ4n) is 4.78. The summed E-state index contributed by atoms with van der Waals surface area (Å²) in [4.78, 5) is 14.0. The molecule has 0 amide bonds. The lowest BCUT2D eigenvalue weighted by atomic mass is 9.69. The average Bonchev–Trinajstić information content (AvgIpc) is 2.70. The van der Waals surface area contributed by atoms with Crippen LogP contribution in [0.4, 0.5) is 5.82 Å². The maximum Gasteiger partial charge on any atom is 0.131 e. The number of hydrogen-bond donors (Lipinski definition) is 2. The van der Waals surface area contributed by atoms with Crippen molar-refractivity contribution in [2.45, 2.75) is 51.0 Å². The summed E-state index contributed by atoms with van der Waals surface area (Å²) < 4.78 is 0. The Bertz CT molecular complexity index is 987. The molecule has 0 spiro atoms. The number of rotatable bonds is 3. The summed E-state index contributed by atoms with van der Waals surface area (Å²) in [6, 6.07) is 6.72. The first-order valence-electron chi connectivity index (χ1n) is 10.2. The lowest BCUT2D eigenvalue weighted by molar-refractivity contribution is 0.211. The van der Waals surface area contributed by atoms with E-state index >= 15 is 0 Å². The van der Waals surface area contributed by atoms with Crippen molar-refractivity contribution in [2.24, 2.45) is 16.8 Å². The van der Waals surface area contributed by atoms with E-state index in [0.717, 1.165) is 59.3 Å². The molecule has 6 heteroatoms. The maximum absolute atomic E-state index is 6.25. The molecule has 0 aliphatic heterocycles. The Morgan fingerprint density at radius 2 is 1.90 bits per heavy atom. The second-order valence-electron chi connectivity index (χ2n) is 8.63. The van der Waals surface area contributed by atoms with Gasteiger partial charge in [-0.2, -0.15) is 0 Å². The number of benzene rings is 1. The number of nitrogen functional groups attached to an aromatic ring is 1. The molecule has 0 atom stereocenters. The van der Waals surface area contributed by atoms with Crippen LogP contribution in [0.25, 0.3) is 16.8 Å². The van der Waals surface area contributed by atoms with E-state index < -0.39 is 5.41 Å². The lowest BCUT2D eigenvalue weighted by Crippen LogP contribution is -2.36. The van der Waals surface area contributed by atoms with Crippen LogP contribution in [0, 0.1) is 5.92 Å². The maximum atomic E-state index is 6.25. The van der Waals surface area contributed by atoms with Gasteiger partial charge in [0.05, 0.1) is 11.4 Å². The molecule has 1 aromatic carbocycles. The van der Waals surface area contributed by atoms with Gasteiger partial charge in [0, 0.05) is 28.1 Å². The summed E-state index contributed by atoms with van der Waals surface area (Å²) in [6.45, 7) is 8.59. The van der Waals surface area contributed by atoms with Crippen LogP contribution in [-0.4, -0.2) is 28.8 Å². The van der Waals surface area contributed by atoms with Crippen LogP contribution in [-0.2, 0) is 10.3 Å². The molecule has 0 unspecified atom stereocenters. The van der Waals surface area contributed by atoms with Gasteiger partial charge < -0.3 is 16.3 Å². The molecule has 0 radical (unpaired) electrons. The molecule has 0 bridgehead atoms.